The van der Waals surface area contributed by atoms with Crippen molar-refractivity contribution in [3.63, 3.8) is 0 Å². The number of halogens is 4. The summed E-state index contributed by atoms with van der Waals surface area (Å²) >= 11 is 0. The number of rotatable bonds is 3. The Balaban J connectivity index is 0.00000256. The van der Waals surface area contributed by atoms with Crippen molar-refractivity contribution in [2.75, 3.05) is 7.11 Å². The molecule has 0 aliphatic rings. The first-order chi connectivity index (χ1) is 7.35. The van der Waals surface area contributed by atoms with Gasteiger partial charge in [0.05, 0.1) is 19.1 Å². The van der Waals surface area contributed by atoms with Crippen LogP contribution in [-0.4, -0.2) is 18.4 Å². The van der Waals surface area contributed by atoms with Crippen LogP contribution in [0.2, 0.25) is 0 Å². The standard InChI is InChI=1S/C10H12F3NO2.ClH/c1-16-8-4-2-3-7(15)9(8)6(14)5-10(11,12)13;/h2-4,6,15H,5,14H2,1H3;1H/t6-;/m0./s1. The molecule has 0 spiro atoms. The molecule has 0 fully saturated rings. The monoisotopic (exact) mass is 271 g/mol. The minimum atomic E-state index is -4.38. The van der Waals surface area contributed by atoms with E-state index in [1.807, 2.05) is 0 Å². The Morgan fingerprint density at radius 3 is 2.47 bits per heavy atom. The second kappa shape index (κ2) is 5.97. The normalized spacial score (nSPS) is 12.8. The molecule has 1 aromatic rings. The number of ether oxygens (including phenoxy) is 1. The van der Waals surface area contributed by atoms with E-state index in [-0.39, 0.29) is 29.5 Å². The van der Waals surface area contributed by atoms with Crippen LogP contribution in [0.15, 0.2) is 18.2 Å². The zero-order valence-electron chi connectivity index (χ0n) is 8.99. The van der Waals surface area contributed by atoms with E-state index in [1.165, 1.54) is 25.3 Å². The molecule has 0 unspecified atom stereocenters. The predicted molar refractivity (Wildman–Crippen MR) is 59.5 cm³/mol. The Hall–Kier alpha value is -1.14. The number of phenols is 1. The van der Waals surface area contributed by atoms with Crippen molar-refractivity contribution in [1.29, 1.82) is 0 Å². The summed E-state index contributed by atoms with van der Waals surface area (Å²) in [6.45, 7) is 0. The maximum atomic E-state index is 12.2. The molecular formula is C10H13ClF3NO2. The third-order valence-electron chi connectivity index (χ3n) is 2.09. The smallest absolute Gasteiger partial charge is 0.390 e. The average molecular weight is 272 g/mol. The highest BCUT2D eigenvalue weighted by Gasteiger charge is 2.33. The fourth-order valence-electron chi connectivity index (χ4n) is 1.43. The van der Waals surface area contributed by atoms with Gasteiger partial charge in [-0.2, -0.15) is 13.2 Å². The van der Waals surface area contributed by atoms with E-state index in [0.29, 0.717) is 0 Å². The number of nitrogens with two attached hydrogens (primary N) is 1. The molecule has 1 rings (SSSR count). The lowest BCUT2D eigenvalue weighted by molar-refractivity contribution is -0.138. The quantitative estimate of drug-likeness (QED) is 0.889. The summed E-state index contributed by atoms with van der Waals surface area (Å²) in [7, 11) is 1.30. The second-order valence-electron chi connectivity index (χ2n) is 3.32. The van der Waals surface area contributed by atoms with Crippen LogP contribution in [0.25, 0.3) is 0 Å². The van der Waals surface area contributed by atoms with Crippen molar-refractivity contribution in [3.8, 4) is 11.5 Å². The largest absolute Gasteiger partial charge is 0.507 e. The second-order valence-corrected chi connectivity index (χ2v) is 3.32. The summed E-state index contributed by atoms with van der Waals surface area (Å²) < 4.78 is 41.3. The molecule has 0 amide bonds. The van der Waals surface area contributed by atoms with Crippen LogP contribution in [0, 0.1) is 0 Å². The molecule has 1 aromatic carbocycles. The number of alkyl halides is 3. The lowest BCUT2D eigenvalue weighted by Gasteiger charge is -2.18. The minimum Gasteiger partial charge on any atom is -0.507 e. The molecule has 3 N–H and O–H groups in total. The topological polar surface area (TPSA) is 55.5 Å². The van der Waals surface area contributed by atoms with Crippen molar-refractivity contribution in [3.05, 3.63) is 23.8 Å². The summed E-state index contributed by atoms with van der Waals surface area (Å²) in [5.41, 5.74) is 5.37. The van der Waals surface area contributed by atoms with E-state index in [1.54, 1.807) is 0 Å². The zero-order chi connectivity index (χ0) is 12.3. The number of phenolic OH excluding ortho intramolecular Hbond substituents is 1. The number of hydrogen-bond acceptors (Lipinski definition) is 3. The van der Waals surface area contributed by atoms with Gasteiger partial charge in [-0.3, -0.25) is 0 Å². The molecule has 0 saturated heterocycles. The molecule has 7 heteroatoms. The van der Waals surface area contributed by atoms with E-state index in [0.717, 1.165) is 0 Å². The molecule has 0 radical (unpaired) electrons. The highest BCUT2D eigenvalue weighted by Crippen LogP contribution is 2.37. The SMILES string of the molecule is COc1cccc(O)c1[C@@H](N)CC(F)(F)F.Cl. The van der Waals surface area contributed by atoms with Gasteiger partial charge in [0, 0.05) is 6.04 Å². The first-order valence-corrected chi connectivity index (χ1v) is 4.53. The Labute approximate surface area is 103 Å². The fraction of sp³-hybridized carbons (Fsp3) is 0.400. The van der Waals surface area contributed by atoms with Gasteiger partial charge in [0.2, 0.25) is 0 Å². The first kappa shape index (κ1) is 15.9. The maximum absolute atomic E-state index is 12.2. The molecule has 0 aliphatic carbocycles. The van der Waals surface area contributed by atoms with E-state index in [2.05, 4.69) is 0 Å². The average Bonchev–Trinajstić information content (AvgIpc) is 2.14. The molecule has 1 atom stereocenters. The third-order valence-corrected chi connectivity index (χ3v) is 2.09. The van der Waals surface area contributed by atoms with Crippen LogP contribution in [-0.2, 0) is 0 Å². The lowest BCUT2D eigenvalue weighted by atomic mass is 10.0. The van der Waals surface area contributed by atoms with Crippen LogP contribution in [0.3, 0.4) is 0 Å². The summed E-state index contributed by atoms with van der Waals surface area (Å²) in [6.07, 6.45) is -5.59. The van der Waals surface area contributed by atoms with Gasteiger partial charge in [0.25, 0.3) is 0 Å². The Kier molecular flexibility index (Phi) is 5.57. The van der Waals surface area contributed by atoms with E-state index in [4.69, 9.17) is 10.5 Å². The molecular weight excluding hydrogens is 259 g/mol. The number of methoxy groups -OCH3 is 1. The van der Waals surface area contributed by atoms with Crippen LogP contribution < -0.4 is 10.5 Å². The van der Waals surface area contributed by atoms with Crippen molar-refractivity contribution in [1.82, 2.24) is 0 Å². The summed E-state index contributed by atoms with van der Waals surface area (Å²) in [5.74, 6) is -0.146. The van der Waals surface area contributed by atoms with E-state index < -0.39 is 18.6 Å². The third kappa shape index (κ3) is 4.32. The molecule has 0 bridgehead atoms. The van der Waals surface area contributed by atoms with Crippen molar-refractivity contribution in [2.45, 2.75) is 18.6 Å². The highest BCUT2D eigenvalue weighted by molar-refractivity contribution is 5.85. The van der Waals surface area contributed by atoms with Crippen LogP contribution in [0.1, 0.15) is 18.0 Å². The van der Waals surface area contributed by atoms with E-state index >= 15 is 0 Å². The lowest BCUT2D eigenvalue weighted by Crippen LogP contribution is -2.20. The van der Waals surface area contributed by atoms with Crippen molar-refractivity contribution >= 4 is 12.4 Å². The zero-order valence-corrected chi connectivity index (χ0v) is 9.81. The molecule has 3 nitrogen and oxygen atoms in total. The molecule has 0 aliphatic heterocycles. The van der Waals surface area contributed by atoms with Crippen molar-refractivity contribution in [2.24, 2.45) is 5.73 Å². The summed E-state index contributed by atoms with van der Waals surface area (Å²) in [4.78, 5) is 0. The van der Waals surface area contributed by atoms with Gasteiger partial charge in [-0.05, 0) is 12.1 Å². The number of hydrogen-bond donors (Lipinski definition) is 2. The Morgan fingerprint density at radius 2 is 2.00 bits per heavy atom. The van der Waals surface area contributed by atoms with E-state index in [9.17, 15) is 18.3 Å². The molecule has 0 aromatic heterocycles. The molecule has 98 valence electrons. The number of aromatic hydroxyl groups is 1. The summed E-state index contributed by atoms with van der Waals surface area (Å²) in [6, 6.07) is 2.85. The maximum Gasteiger partial charge on any atom is 0.390 e. The minimum absolute atomic E-state index is 0. The molecule has 17 heavy (non-hydrogen) atoms. The number of benzene rings is 1. The van der Waals surface area contributed by atoms with Gasteiger partial charge in [-0.1, -0.05) is 6.07 Å². The van der Waals surface area contributed by atoms with Gasteiger partial charge in [-0.15, -0.1) is 12.4 Å². The summed E-state index contributed by atoms with van der Waals surface area (Å²) in [5, 5.41) is 9.46. The van der Waals surface area contributed by atoms with Crippen LogP contribution in [0.5, 0.6) is 11.5 Å². The van der Waals surface area contributed by atoms with Crippen LogP contribution in [0.4, 0.5) is 13.2 Å². The van der Waals surface area contributed by atoms with Gasteiger partial charge >= 0.3 is 6.18 Å². The van der Waals surface area contributed by atoms with Gasteiger partial charge in [-0.25, -0.2) is 0 Å². The van der Waals surface area contributed by atoms with Crippen molar-refractivity contribution < 1.29 is 23.0 Å². The predicted octanol–water partition coefficient (Wildman–Crippen LogP) is 2.77. The Bertz CT molecular complexity index is 371. The first-order valence-electron chi connectivity index (χ1n) is 4.53. The Morgan fingerprint density at radius 1 is 1.41 bits per heavy atom. The molecule has 0 heterocycles. The van der Waals surface area contributed by atoms with Gasteiger partial charge in [0.1, 0.15) is 11.5 Å². The fourth-order valence-corrected chi connectivity index (χ4v) is 1.43. The highest BCUT2D eigenvalue weighted by atomic mass is 35.5. The van der Waals surface area contributed by atoms with Crippen LogP contribution >= 0.6 is 12.4 Å². The molecule has 0 saturated carbocycles. The van der Waals surface area contributed by atoms with Gasteiger partial charge in [0.15, 0.2) is 0 Å². The van der Waals surface area contributed by atoms with Gasteiger partial charge < -0.3 is 15.6 Å².